The molecule has 1 aromatic carbocycles. The van der Waals surface area contributed by atoms with Crippen molar-refractivity contribution in [3.63, 3.8) is 0 Å². The molecule has 1 N–H and O–H groups in total. The van der Waals surface area contributed by atoms with Crippen LogP contribution < -0.4 is 14.8 Å². The molecule has 0 saturated carbocycles. The van der Waals surface area contributed by atoms with Gasteiger partial charge in [0.05, 0.1) is 26.4 Å². The zero-order valence-electron chi connectivity index (χ0n) is 15.4. The number of anilines is 1. The van der Waals surface area contributed by atoms with Crippen molar-refractivity contribution in [3.8, 4) is 11.5 Å². The van der Waals surface area contributed by atoms with Crippen molar-refractivity contribution in [2.75, 3.05) is 59.2 Å². The first-order valence-corrected chi connectivity index (χ1v) is 8.98. The summed E-state index contributed by atoms with van der Waals surface area (Å²) in [7, 11) is 3.25. The lowest BCUT2D eigenvalue weighted by molar-refractivity contribution is 0.0536. The van der Waals surface area contributed by atoms with E-state index in [9.17, 15) is 0 Å². The normalized spacial score (nSPS) is 9.80. The maximum atomic E-state index is 5.70. The summed E-state index contributed by atoms with van der Waals surface area (Å²) in [5.74, 6) is 1.24. The Labute approximate surface area is 161 Å². The number of benzene rings is 1. The molecule has 0 bridgehead atoms. The average molecular weight is 392 g/mol. The minimum Gasteiger partial charge on any atom is -0.487 e. The van der Waals surface area contributed by atoms with Crippen LogP contribution in [0, 0.1) is 0 Å². The molecule has 0 spiro atoms. The zero-order chi connectivity index (χ0) is 18.9. The molecular weight excluding hydrogens is 362 g/mol. The van der Waals surface area contributed by atoms with Gasteiger partial charge in [0.25, 0.3) is 0 Å². The van der Waals surface area contributed by atoms with Crippen molar-refractivity contribution in [2.24, 2.45) is 0 Å². The molecule has 0 aromatic heterocycles. The lowest BCUT2D eigenvalue weighted by Gasteiger charge is -2.14. The molecular formula is C17H29NO5S2. The van der Waals surface area contributed by atoms with E-state index in [-0.39, 0.29) is 0 Å². The average Bonchev–Trinajstić information content (AvgIpc) is 2.61. The van der Waals surface area contributed by atoms with Crippen LogP contribution in [0.1, 0.15) is 13.8 Å². The number of methoxy groups -OCH3 is 2. The Bertz CT molecular complexity index is 474. The van der Waals surface area contributed by atoms with Gasteiger partial charge in [0.1, 0.15) is 17.5 Å². The number of thiocarbonyl (C=S) groups is 1. The van der Waals surface area contributed by atoms with E-state index in [1.54, 1.807) is 20.3 Å². The van der Waals surface area contributed by atoms with Gasteiger partial charge >= 0.3 is 0 Å². The fourth-order valence-electron chi connectivity index (χ4n) is 1.63. The van der Waals surface area contributed by atoms with Crippen molar-refractivity contribution in [1.82, 2.24) is 0 Å². The van der Waals surface area contributed by atoms with Crippen LogP contribution in [0.4, 0.5) is 5.69 Å². The molecule has 0 saturated heterocycles. The largest absolute Gasteiger partial charge is 0.487 e. The van der Waals surface area contributed by atoms with Gasteiger partial charge in [-0.1, -0.05) is 26.1 Å². The second-order valence-corrected chi connectivity index (χ2v) is 5.54. The van der Waals surface area contributed by atoms with Crippen molar-refractivity contribution in [3.05, 3.63) is 18.2 Å². The fraction of sp³-hybridized carbons (Fsp3) is 0.588. The van der Waals surface area contributed by atoms with Crippen LogP contribution in [-0.4, -0.2) is 58.2 Å². The molecule has 0 radical (unpaired) electrons. The molecule has 6 nitrogen and oxygen atoms in total. The van der Waals surface area contributed by atoms with E-state index in [1.165, 1.54) is 0 Å². The van der Waals surface area contributed by atoms with Gasteiger partial charge in [0.2, 0.25) is 0 Å². The number of hydrogen-bond acceptors (Lipinski definition) is 6. The van der Waals surface area contributed by atoms with Gasteiger partial charge in [0.15, 0.2) is 11.5 Å². The Morgan fingerprint density at radius 2 is 1.48 bits per heavy atom. The maximum Gasteiger partial charge on any atom is 0.163 e. The molecule has 0 aliphatic carbocycles. The van der Waals surface area contributed by atoms with Crippen LogP contribution >= 0.6 is 24.8 Å². The van der Waals surface area contributed by atoms with Gasteiger partial charge in [-0.3, -0.25) is 0 Å². The van der Waals surface area contributed by atoms with E-state index in [0.717, 1.165) is 5.69 Å². The molecule has 0 atom stereocenters. The molecule has 0 aliphatic rings. The number of nitrogens with one attached hydrogen (secondary N) is 1. The van der Waals surface area contributed by atoms with Crippen LogP contribution in [0.25, 0.3) is 0 Å². The fourth-order valence-corrected chi connectivity index (χ4v) is 1.88. The van der Waals surface area contributed by atoms with Crippen LogP contribution in [0.5, 0.6) is 11.5 Å². The Balaban J connectivity index is 0.00000277. The molecule has 0 unspecified atom stereocenters. The monoisotopic (exact) mass is 391 g/mol. The lowest BCUT2D eigenvalue weighted by Crippen LogP contribution is -2.11. The summed E-state index contributed by atoms with van der Waals surface area (Å²) in [4.78, 5) is 0. The van der Waals surface area contributed by atoms with Crippen LogP contribution in [0.3, 0.4) is 0 Å². The minimum absolute atomic E-state index is 0.382. The second-order valence-electron chi connectivity index (χ2n) is 4.39. The van der Waals surface area contributed by atoms with Crippen LogP contribution in [-0.2, 0) is 14.2 Å². The summed E-state index contributed by atoms with van der Waals surface area (Å²) < 4.78 is 27.0. The third-order valence-corrected chi connectivity index (χ3v) is 2.87. The lowest BCUT2D eigenvalue weighted by atomic mass is 10.3. The van der Waals surface area contributed by atoms with Gasteiger partial charge in [-0.15, -0.1) is 12.6 Å². The molecule has 0 heterocycles. The summed E-state index contributed by atoms with van der Waals surface area (Å²) in [6.45, 7) is 6.91. The third-order valence-electron chi connectivity index (χ3n) is 2.66. The first-order valence-electron chi connectivity index (χ1n) is 8.12. The highest BCUT2D eigenvalue weighted by molar-refractivity contribution is 8.11. The summed E-state index contributed by atoms with van der Waals surface area (Å²) in [5, 5.41) is 2.94. The molecule has 1 aromatic rings. The minimum atomic E-state index is 0.382. The van der Waals surface area contributed by atoms with Gasteiger partial charge in [-0.25, -0.2) is 0 Å². The molecule has 0 amide bonds. The van der Waals surface area contributed by atoms with Gasteiger partial charge in [-0.2, -0.15) is 0 Å². The second kappa shape index (κ2) is 16.4. The summed E-state index contributed by atoms with van der Waals surface area (Å²) in [5.41, 5.74) is 0.779. The SMILES string of the molecule is CC.COCCOCCOc1ccc(NC(=S)S)cc1OCCOC. The van der Waals surface area contributed by atoms with E-state index in [2.05, 4.69) is 17.9 Å². The Kier molecular flexibility index (Phi) is 15.7. The summed E-state index contributed by atoms with van der Waals surface area (Å²) in [6, 6.07) is 5.46. The third kappa shape index (κ3) is 12.0. The van der Waals surface area contributed by atoms with Crippen molar-refractivity contribution >= 4 is 34.9 Å². The number of hydrogen-bond donors (Lipinski definition) is 2. The quantitative estimate of drug-likeness (QED) is 0.322. The highest BCUT2D eigenvalue weighted by atomic mass is 32.1. The standard InChI is InChI=1S/C15H23NO5S2.C2H6/c1-17-5-7-19-8-10-20-13-4-3-12(16-15(22)23)11-14(13)21-9-6-18-2;1-2/h3-4,11H,5-10H2,1-2H3,(H2,16,22,23);1-2H3. The molecule has 1 rings (SSSR count). The van der Waals surface area contributed by atoms with Gasteiger partial charge < -0.3 is 29.0 Å². The van der Waals surface area contributed by atoms with E-state index in [4.69, 9.17) is 35.9 Å². The van der Waals surface area contributed by atoms with Gasteiger partial charge in [-0.05, 0) is 12.1 Å². The van der Waals surface area contributed by atoms with E-state index >= 15 is 0 Å². The Hall–Kier alpha value is -1.06. The predicted molar refractivity (Wildman–Crippen MR) is 109 cm³/mol. The number of thiol groups is 1. The summed E-state index contributed by atoms with van der Waals surface area (Å²) in [6.07, 6.45) is 0. The van der Waals surface area contributed by atoms with Crippen LogP contribution in [0.15, 0.2) is 18.2 Å². The summed E-state index contributed by atoms with van der Waals surface area (Å²) >= 11 is 8.97. The molecule has 144 valence electrons. The van der Waals surface area contributed by atoms with Gasteiger partial charge in [0, 0.05) is 26.0 Å². The predicted octanol–water partition coefficient (Wildman–Crippen LogP) is 3.41. The van der Waals surface area contributed by atoms with E-state index in [0.29, 0.717) is 55.5 Å². The molecule has 25 heavy (non-hydrogen) atoms. The van der Waals surface area contributed by atoms with E-state index in [1.807, 2.05) is 26.0 Å². The first kappa shape index (κ1) is 23.9. The highest BCUT2D eigenvalue weighted by Gasteiger charge is 2.08. The topological polar surface area (TPSA) is 58.2 Å². The highest BCUT2D eigenvalue weighted by Crippen LogP contribution is 2.30. The molecule has 0 fully saturated rings. The zero-order valence-corrected chi connectivity index (χ0v) is 17.1. The first-order chi connectivity index (χ1) is 12.2. The molecule has 0 aliphatic heterocycles. The van der Waals surface area contributed by atoms with Crippen LogP contribution in [0.2, 0.25) is 0 Å². The van der Waals surface area contributed by atoms with E-state index < -0.39 is 0 Å². The number of rotatable bonds is 12. The smallest absolute Gasteiger partial charge is 0.163 e. The number of ether oxygens (including phenoxy) is 5. The maximum absolute atomic E-state index is 5.70. The van der Waals surface area contributed by atoms with Crippen molar-refractivity contribution in [2.45, 2.75) is 13.8 Å². The Morgan fingerprint density at radius 3 is 2.12 bits per heavy atom. The molecule has 8 heteroatoms. The Morgan fingerprint density at radius 1 is 0.920 bits per heavy atom. The van der Waals surface area contributed by atoms with Crippen molar-refractivity contribution in [1.29, 1.82) is 0 Å². The van der Waals surface area contributed by atoms with Crippen molar-refractivity contribution < 1.29 is 23.7 Å².